The van der Waals surface area contributed by atoms with E-state index in [2.05, 4.69) is 9.97 Å². The summed E-state index contributed by atoms with van der Waals surface area (Å²) in [6.07, 6.45) is 1.21. The summed E-state index contributed by atoms with van der Waals surface area (Å²) in [6, 6.07) is 4.91. The molecule has 4 nitrogen and oxygen atoms in total. The number of aromatic nitrogens is 2. The minimum Gasteiger partial charge on any atom is -0.476 e. The SMILES string of the molecule is O=C(O)c1cnc2cc(Cl)ccc2n1. The first-order valence-corrected chi connectivity index (χ1v) is 4.20. The number of rotatable bonds is 1. The van der Waals surface area contributed by atoms with Crippen molar-refractivity contribution in [1.29, 1.82) is 0 Å². The van der Waals surface area contributed by atoms with Gasteiger partial charge in [-0.1, -0.05) is 11.6 Å². The predicted octanol–water partition coefficient (Wildman–Crippen LogP) is 1.98. The van der Waals surface area contributed by atoms with Gasteiger partial charge >= 0.3 is 5.97 Å². The van der Waals surface area contributed by atoms with Gasteiger partial charge in [0.2, 0.25) is 0 Å². The highest BCUT2D eigenvalue weighted by atomic mass is 35.5. The summed E-state index contributed by atoms with van der Waals surface area (Å²) in [4.78, 5) is 18.4. The van der Waals surface area contributed by atoms with E-state index >= 15 is 0 Å². The lowest BCUT2D eigenvalue weighted by Crippen LogP contribution is -2.01. The molecule has 1 aromatic carbocycles. The molecule has 0 unspecified atom stereocenters. The number of carboxylic acid groups (broad SMARTS) is 1. The molecule has 0 radical (unpaired) electrons. The number of hydrogen-bond acceptors (Lipinski definition) is 3. The van der Waals surface area contributed by atoms with Crippen molar-refractivity contribution in [2.24, 2.45) is 0 Å². The molecule has 70 valence electrons. The molecule has 0 amide bonds. The van der Waals surface area contributed by atoms with Crippen molar-refractivity contribution >= 4 is 28.6 Å². The highest BCUT2D eigenvalue weighted by Crippen LogP contribution is 2.15. The van der Waals surface area contributed by atoms with E-state index in [0.717, 1.165) is 0 Å². The van der Waals surface area contributed by atoms with Crippen LogP contribution in [0, 0.1) is 0 Å². The zero-order valence-corrected chi connectivity index (χ0v) is 7.69. The smallest absolute Gasteiger partial charge is 0.356 e. The molecule has 0 atom stereocenters. The zero-order chi connectivity index (χ0) is 10.1. The van der Waals surface area contributed by atoms with E-state index in [-0.39, 0.29) is 5.69 Å². The number of halogens is 1. The van der Waals surface area contributed by atoms with Crippen molar-refractivity contribution in [2.75, 3.05) is 0 Å². The summed E-state index contributed by atoms with van der Waals surface area (Å²) < 4.78 is 0. The van der Waals surface area contributed by atoms with Crippen LogP contribution in [0.5, 0.6) is 0 Å². The Morgan fingerprint density at radius 1 is 1.36 bits per heavy atom. The van der Waals surface area contributed by atoms with Crippen molar-refractivity contribution in [2.45, 2.75) is 0 Å². The van der Waals surface area contributed by atoms with Gasteiger partial charge in [0, 0.05) is 5.02 Å². The van der Waals surface area contributed by atoms with Gasteiger partial charge in [-0.15, -0.1) is 0 Å². The van der Waals surface area contributed by atoms with E-state index < -0.39 is 5.97 Å². The van der Waals surface area contributed by atoms with E-state index in [4.69, 9.17) is 16.7 Å². The minimum absolute atomic E-state index is 0.0696. The van der Waals surface area contributed by atoms with Crippen molar-refractivity contribution in [1.82, 2.24) is 9.97 Å². The van der Waals surface area contributed by atoms with E-state index in [1.165, 1.54) is 6.20 Å². The summed E-state index contributed by atoms with van der Waals surface area (Å²) in [6.45, 7) is 0. The Morgan fingerprint density at radius 3 is 2.86 bits per heavy atom. The summed E-state index contributed by atoms with van der Waals surface area (Å²) in [7, 11) is 0. The molecule has 1 heterocycles. The number of hydrogen-bond donors (Lipinski definition) is 1. The van der Waals surface area contributed by atoms with Crippen LogP contribution in [-0.2, 0) is 0 Å². The fourth-order valence-corrected chi connectivity index (χ4v) is 1.25. The Hall–Kier alpha value is -1.68. The van der Waals surface area contributed by atoms with Gasteiger partial charge in [0.25, 0.3) is 0 Å². The summed E-state index contributed by atoms with van der Waals surface area (Å²) in [5.74, 6) is -1.09. The highest BCUT2D eigenvalue weighted by molar-refractivity contribution is 6.31. The van der Waals surface area contributed by atoms with E-state index in [1.54, 1.807) is 18.2 Å². The highest BCUT2D eigenvalue weighted by Gasteiger charge is 2.06. The zero-order valence-electron chi connectivity index (χ0n) is 6.94. The Balaban J connectivity index is 2.67. The standard InChI is InChI=1S/C9H5ClN2O2/c10-5-1-2-6-7(3-5)11-4-8(12-6)9(13)14/h1-4H,(H,13,14). The van der Waals surface area contributed by atoms with E-state index in [1.807, 2.05) is 0 Å². The largest absolute Gasteiger partial charge is 0.476 e. The maximum Gasteiger partial charge on any atom is 0.356 e. The number of fused-ring (bicyclic) bond motifs is 1. The third kappa shape index (κ3) is 1.52. The Morgan fingerprint density at radius 2 is 2.14 bits per heavy atom. The molecule has 0 fully saturated rings. The normalized spacial score (nSPS) is 10.4. The fourth-order valence-electron chi connectivity index (χ4n) is 1.09. The summed E-state index contributed by atoms with van der Waals surface area (Å²) >= 11 is 5.74. The number of aromatic carboxylic acids is 1. The molecule has 0 saturated carbocycles. The molecule has 5 heteroatoms. The Bertz CT molecular complexity index is 513. The van der Waals surface area contributed by atoms with Crippen LogP contribution in [0.1, 0.15) is 10.5 Å². The van der Waals surface area contributed by atoms with Gasteiger partial charge < -0.3 is 5.11 Å². The van der Waals surface area contributed by atoms with E-state index in [0.29, 0.717) is 16.1 Å². The molecule has 1 N–H and O–H groups in total. The molecular formula is C9H5ClN2O2. The first-order chi connectivity index (χ1) is 6.66. The molecule has 0 spiro atoms. The molecule has 2 aromatic rings. The lowest BCUT2D eigenvalue weighted by molar-refractivity contribution is 0.0690. The molecule has 0 saturated heterocycles. The van der Waals surface area contributed by atoms with Crippen molar-refractivity contribution in [3.8, 4) is 0 Å². The topological polar surface area (TPSA) is 63.1 Å². The van der Waals surface area contributed by atoms with Gasteiger partial charge in [-0.25, -0.2) is 9.78 Å². The van der Waals surface area contributed by atoms with Gasteiger partial charge in [0.15, 0.2) is 5.69 Å². The van der Waals surface area contributed by atoms with Gasteiger partial charge in [-0.3, -0.25) is 4.98 Å². The van der Waals surface area contributed by atoms with E-state index in [9.17, 15) is 4.79 Å². The Kier molecular flexibility index (Phi) is 2.05. The van der Waals surface area contributed by atoms with Crippen LogP contribution in [0.15, 0.2) is 24.4 Å². The second-order valence-electron chi connectivity index (χ2n) is 2.69. The summed E-state index contributed by atoms with van der Waals surface area (Å²) in [5, 5.41) is 9.22. The first kappa shape index (κ1) is 8.90. The molecular weight excluding hydrogens is 204 g/mol. The molecule has 14 heavy (non-hydrogen) atoms. The van der Waals surface area contributed by atoms with Gasteiger partial charge in [-0.05, 0) is 18.2 Å². The van der Waals surface area contributed by atoms with Gasteiger partial charge in [-0.2, -0.15) is 0 Å². The average Bonchev–Trinajstić information content (AvgIpc) is 2.16. The van der Waals surface area contributed by atoms with Crippen LogP contribution in [0.2, 0.25) is 5.02 Å². The average molecular weight is 209 g/mol. The molecule has 0 bridgehead atoms. The number of nitrogens with zero attached hydrogens (tertiary/aromatic N) is 2. The van der Waals surface area contributed by atoms with Gasteiger partial charge in [0.1, 0.15) is 0 Å². The molecule has 0 aliphatic carbocycles. The third-order valence-electron chi connectivity index (χ3n) is 1.72. The van der Waals surface area contributed by atoms with Crippen LogP contribution in [-0.4, -0.2) is 21.0 Å². The van der Waals surface area contributed by atoms with Gasteiger partial charge in [0.05, 0.1) is 17.2 Å². The van der Waals surface area contributed by atoms with Crippen LogP contribution in [0.3, 0.4) is 0 Å². The van der Waals surface area contributed by atoms with Crippen LogP contribution in [0.4, 0.5) is 0 Å². The number of benzene rings is 1. The van der Waals surface area contributed by atoms with Crippen molar-refractivity contribution < 1.29 is 9.90 Å². The van der Waals surface area contributed by atoms with Crippen molar-refractivity contribution in [3.05, 3.63) is 35.1 Å². The number of carbonyl (C=O) groups is 1. The fraction of sp³-hybridized carbons (Fsp3) is 0. The predicted molar refractivity (Wildman–Crippen MR) is 51.5 cm³/mol. The monoisotopic (exact) mass is 208 g/mol. The maximum atomic E-state index is 10.6. The molecule has 0 aliphatic rings. The number of carboxylic acids is 1. The summed E-state index contributed by atoms with van der Waals surface area (Å²) in [5.41, 5.74) is 1.04. The maximum absolute atomic E-state index is 10.6. The molecule has 1 aromatic heterocycles. The molecule has 0 aliphatic heterocycles. The third-order valence-corrected chi connectivity index (χ3v) is 1.96. The lowest BCUT2D eigenvalue weighted by atomic mass is 10.3. The second kappa shape index (κ2) is 3.23. The van der Waals surface area contributed by atoms with Crippen LogP contribution >= 0.6 is 11.6 Å². The lowest BCUT2D eigenvalue weighted by Gasteiger charge is -1.98. The molecule has 2 rings (SSSR count). The first-order valence-electron chi connectivity index (χ1n) is 3.82. The minimum atomic E-state index is -1.09. The second-order valence-corrected chi connectivity index (χ2v) is 3.13. The Labute approximate surface area is 84.2 Å². The quantitative estimate of drug-likeness (QED) is 0.779. The van der Waals surface area contributed by atoms with Crippen molar-refractivity contribution in [3.63, 3.8) is 0 Å². The van der Waals surface area contributed by atoms with Crippen LogP contribution < -0.4 is 0 Å². The van der Waals surface area contributed by atoms with Crippen LogP contribution in [0.25, 0.3) is 11.0 Å².